The Labute approximate surface area is 122 Å². The van der Waals surface area contributed by atoms with Crippen LogP contribution in [-0.2, 0) is 11.3 Å². The van der Waals surface area contributed by atoms with Crippen LogP contribution in [0.15, 0.2) is 16.6 Å². The first-order valence-electron chi connectivity index (χ1n) is 5.60. The summed E-state index contributed by atoms with van der Waals surface area (Å²) in [5.74, 6) is -0.812. The summed E-state index contributed by atoms with van der Waals surface area (Å²) in [4.78, 5) is 14.4. The SMILES string of the molecule is CC(C)(Cn1c(=S)[nH]c2cc(Br)c(F)cc21)C(N)=O. The molecule has 0 saturated carbocycles. The van der Waals surface area contributed by atoms with Gasteiger partial charge < -0.3 is 15.3 Å². The van der Waals surface area contributed by atoms with Crippen molar-refractivity contribution in [3.05, 3.63) is 27.2 Å². The van der Waals surface area contributed by atoms with Gasteiger partial charge in [-0.25, -0.2) is 4.39 Å². The van der Waals surface area contributed by atoms with E-state index in [9.17, 15) is 9.18 Å². The number of H-pyrrole nitrogens is 1. The largest absolute Gasteiger partial charge is 0.369 e. The average Bonchev–Trinajstić information content (AvgIpc) is 2.56. The van der Waals surface area contributed by atoms with Crippen LogP contribution >= 0.6 is 28.1 Å². The van der Waals surface area contributed by atoms with Crippen molar-refractivity contribution >= 4 is 45.1 Å². The lowest BCUT2D eigenvalue weighted by Gasteiger charge is -2.21. The highest BCUT2D eigenvalue weighted by molar-refractivity contribution is 9.10. The predicted octanol–water partition coefficient (Wildman–Crippen LogP) is 3.11. The van der Waals surface area contributed by atoms with E-state index >= 15 is 0 Å². The van der Waals surface area contributed by atoms with E-state index in [4.69, 9.17) is 18.0 Å². The van der Waals surface area contributed by atoms with E-state index in [0.29, 0.717) is 26.8 Å². The lowest BCUT2D eigenvalue weighted by molar-refractivity contribution is -0.126. The number of carbonyl (C=O) groups excluding carboxylic acids is 1. The molecule has 0 unspecified atom stereocenters. The van der Waals surface area contributed by atoms with Crippen molar-refractivity contribution in [3.63, 3.8) is 0 Å². The quantitative estimate of drug-likeness (QED) is 0.839. The van der Waals surface area contributed by atoms with E-state index in [-0.39, 0.29) is 5.82 Å². The number of nitrogens with two attached hydrogens (primary N) is 1. The smallest absolute Gasteiger partial charge is 0.224 e. The Morgan fingerprint density at radius 2 is 2.21 bits per heavy atom. The molecule has 3 N–H and O–H groups in total. The van der Waals surface area contributed by atoms with Crippen molar-refractivity contribution < 1.29 is 9.18 Å². The van der Waals surface area contributed by atoms with Gasteiger partial charge in [-0.15, -0.1) is 0 Å². The molecule has 1 heterocycles. The van der Waals surface area contributed by atoms with Gasteiger partial charge in [0.1, 0.15) is 5.82 Å². The lowest BCUT2D eigenvalue weighted by atomic mass is 9.92. The Balaban J connectivity index is 2.61. The molecule has 4 nitrogen and oxygen atoms in total. The molecule has 2 aromatic rings. The van der Waals surface area contributed by atoms with Gasteiger partial charge in [-0.2, -0.15) is 0 Å². The number of primary amides is 1. The second-order valence-corrected chi connectivity index (χ2v) is 6.29. The van der Waals surface area contributed by atoms with Gasteiger partial charge in [0, 0.05) is 12.6 Å². The molecule has 102 valence electrons. The standard InChI is InChI=1S/C12H13BrFN3OS/c1-12(2,10(15)18)5-17-9-4-7(14)6(13)3-8(9)16-11(17)19/h3-4H,5H2,1-2H3,(H2,15,18)(H,16,19). The fraction of sp³-hybridized carbons (Fsp3) is 0.333. The molecule has 19 heavy (non-hydrogen) atoms. The summed E-state index contributed by atoms with van der Waals surface area (Å²) < 4.78 is 16.1. The summed E-state index contributed by atoms with van der Waals surface area (Å²) in [6.45, 7) is 3.75. The van der Waals surface area contributed by atoms with Crippen LogP contribution in [0.2, 0.25) is 0 Å². The number of nitrogens with one attached hydrogen (secondary N) is 1. The van der Waals surface area contributed by atoms with E-state index in [2.05, 4.69) is 20.9 Å². The summed E-state index contributed by atoms with van der Waals surface area (Å²) in [6, 6.07) is 3.00. The molecule has 2 rings (SSSR count). The number of aromatic nitrogens is 2. The number of halogens is 2. The Morgan fingerprint density at radius 3 is 2.79 bits per heavy atom. The van der Waals surface area contributed by atoms with Crippen LogP contribution in [0, 0.1) is 16.0 Å². The molecular weight excluding hydrogens is 333 g/mol. The van der Waals surface area contributed by atoms with Gasteiger partial charge in [0.2, 0.25) is 5.91 Å². The van der Waals surface area contributed by atoms with Crippen molar-refractivity contribution in [1.82, 2.24) is 9.55 Å². The molecule has 7 heteroatoms. The van der Waals surface area contributed by atoms with Gasteiger partial charge in [0.25, 0.3) is 0 Å². The van der Waals surface area contributed by atoms with E-state index in [1.165, 1.54) is 6.07 Å². The van der Waals surface area contributed by atoms with Crippen LogP contribution in [0.3, 0.4) is 0 Å². The molecule has 0 saturated heterocycles. The summed E-state index contributed by atoms with van der Waals surface area (Å²) in [5.41, 5.74) is 5.91. The monoisotopic (exact) mass is 345 g/mol. The number of benzene rings is 1. The maximum absolute atomic E-state index is 13.6. The topological polar surface area (TPSA) is 63.8 Å². The molecule has 0 atom stereocenters. The number of amides is 1. The number of fused-ring (bicyclic) bond motifs is 1. The molecule has 0 fully saturated rings. The normalized spacial score (nSPS) is 12.0. The minimum Gasteiger partial charge on any atom is -0.369 e. The van der Waals surface area contributed by atoms with Gasteiger partial charge in [0.15, 0.2) is 4.77 Å². The van der Waals surface area contributed by atoms with Crippen LogP contribution in [0.5, 0.6) is 0 Å². The van der Waals surface area contributed by atoms with Crippen molar-refractivity contribution in [2.24, 2.45) is 11.1 Å². The van der Waals surface area contributed by atoms with Crippen molar-refractivity contribution in [2.75, 3.05) is 0 Å². The van der Waals surface area contributed by atoms with Crippen LogP contribution in [0.25, 0.3) is 11.0 Å². The third kappa shape index (κ3) is 2.57. The molecule has 0 aliphatic rings. The first-order chi connectivity index (χ1) is 8.72. The summed E-state index contributed by atoms with van der Waals surface area (Å²) in [6.07, 6.45) is 0. The van der Waals surface area contributed by atoms with Crippen molar-refractivity contribution in [1.29, 1.82) is 0 Å². The second-order valence-electron chi connectivity index (χ2n) is 5.05. The highest BCUT2D eigenvalue weighted by Crippen LogP contribution is 2.26. The maximum Gasteiger partial charge on any atom is 0.224 e. The van der Waals surface area contributed by atoms with Crippen molar-refractivity contribution in [3.8, 4) is 0 Å². The number of rotatable bonds is 3. The van der Waals surface area contributed by atoms with Gasteiger partial charge in [-0.1, -0.05) is 0 Å². The first kappa shape index (κ1) is 14.2. The molecule has 0 bridgehead atoms. The zero-order valence-corrected chi connectivity index (χ0v) is 12.9. The lowest BCUT2D eigenvalue weighted by Crippen LogP contribution is -2.35. The zero-order valence-electron chi connectivity index (χ0n) is 10.5. The van der Waals surface area contributed by atoms with Crippen LogP contribution in [-0.4, -0.2) is 15.5 Å². The Bertz CT molecular complexity index is 720. The number of carbonyl (C=O) groups is 1. The Hall–Kier alpha value is -1.21. The molecule has 0 aliphatic carbocycles. The summed E-state index contributed by atoms with van der Waals surface area (Å²) in [7, 11) is 0. The van der Waals surface area contributed by atoms with Crippen molar-refractivity contribution in [2.45, 2.75) is 20.4 Å². The molecule has 1 amide bonds. The number of aromatic amines is 1. The van der Waals surface area contributed by atoms with Gasteiger partial charge in [-0.05, 0) is 48.1 Å². The van der Waals surface area contributed by atoms with E-state index in [0.717, 1.165) is 0 Å². The zero-order chi connectivity index (χ0) is 14.4. The number of nitrogens with zero attached hydrogens (tertiary/aromatic N) is 1. The first-order valence-corrected chi connectivity index (χ1v) is 6.80. The predicted molar refractivity (Wildman–Crippen MR) is 77.8 cm³/mol. The molecule has 0 spiro atoms. The van der Waals surface area contributed by atoms with Crippen LogP contribution in [0.4, 0.5) is 4.39 Å². The molecule has 1 aromatic carbocycles. The second kappa shape index (κ2) is 4.72. The molecule has 1 aromatic heterocycles. The Kier molecular flexibility index (Phi) is 3.53. The minimum atomic E-state index is -0.767. The fourth-order valence-corrected chi connectivity index (χ4v) is 2.40. The fourth-order valence-electron chi connectivity index (χ4n) is 1.78. The third-order valence-corrected chi connectivity index (χ3v) is 3.97. The highest BCUT2D eigenvalue weighted by atomic mass is 79.9. The molecule has 0 aliphatic heterocycles. The van der Waals surface area contributed by atoms with Crippen LogP contribution < -0.4 is 5.73 Å². The number of hydrogen-bond donors (Lipinski definition) is 2. The number of hydrogen-bond acceptors (Lipinski definition) is 2. The van der Waals surface area contributed by atoms with E-state index in [1.54, 1.807) is 24.5 Å². The maximum atomic E-state index is 13.6. The van der Waals surface area contributed by atoms with Gasteiger partial charge in [-0.3, -0.25) is 4.79 Å². The Morgan fingerprint density at radius 1 is 1.58 bits per heavy atom. The summed E-state index contributed by atoms with van der Waals surface area (Å²) >= 11 is 8.33. The van der Waals surface area contributed by atoms with E-state index < -0.39 is 11.3 Å². The van der Waals surface area contributed by atoms with E-state index in [1.807, 2.05) is 0 Å². The van der Waals surface area contributed by atoms with Gasteiger partial charge >= 0.3 is 0 Å². The average molecular weight is 346 g/mol. The highest BCUT2D eigenvalue weighted by Gasteiger charge is 2.26. The van der Waals surface area contributed by atoms with Crippen LogP contribution in [0.1, 0.15) is 13.8 Å². The minimum absolute atomic E-state index is 0.294. The third-order valence-electron chi connectivity index (χ3n) is 3.04. The van der Waals surface area contributed by atoms with Gasteiger partial charge in [0.05, 0.1) is 20.9 Å². The number of imidazole rings is 1. The summed E-state index contributed by atoms with van der Waals surface area (Å²) in [5, 5.41) is 0. The molecular formula is C12H13BrFN3OS. The molecule has 0 radical (unpaired) electrons.